The van der Waals surface area contributed by atoms with E-state index in [1.54, 1.807) is 13.2 Å². The standard InChI is InChI=1S/C29H29NO4/c1-20(10-11-21(2)31)16-18-33-28-8-5-4-7-25(28)19-26-22(3)30-34-29(26)24-14-12-23(13-15-24)27-9-6-17-32-27/h4-9,12-17H,10-11,18-19H2,1-3H3/b20-16+. The van der Waals surface area contributed by atoms with Crippen LogP contribution in [0.25, 0.3) is 22.6 Å². The third-order valence-corrected chi connectivity index (χ3v) is 5.82. The Morgan fingerprint density at radius 3 is 2.47 bits per heavy atom. The van der Waals surface area contributed by atoms with Gasteiger partial charge in [-0.25, -0.2) is 0 Å². The first-order chi connectivity index (χ1) is 16.5. The third-order valence-electron chi connectivity index (χ3n) is 5.82. The number of benzene rings is 2. The minimum Gasteiger partial charge on any atom is -0.489 e. The molecule has 2 aromatic heterocycles. The number of aromatic nitrogens is 1. The zero-order valence-corrected chi connectivity index (χ0v) is 19.8. The van der Waals surface area contributed by atoms with E-state index >= 15 is 0 Å². The summed E-state index contributed by atoms with van der Waals surface area (Å²) in [6, 6.07) is 19.9. The molecule has 0 N–H and O–H groups in total. The lowest BCUT2D eigenvalue weighted by atomic mass is 9.98. The SMILES string of the molecule is CC(=O)CC/C(C)=C/COc1ccccc1Cc1c(C)noc1-c1ccc(-c2ccco2)cc1. The fourth-order valence-electron chi connectivity index (χ4n) is 3.78. The molecule has 2 heterocycles. The maximum absolute atomic E-state index is 11.2. The molecule has 34 heavy (non-hydrogen) atoms. The van der Waals surface area contributed by atoms with Crippen LogP contribution in [0.1, 0.15) is 43.5 Å². The van der Waals surface area contributed by atoms with Crippen molar-refractivity contribution >= 4 is 5.78 Å². The quantitative estimate of drug-likeness (QED) is 0.237. The summed E-state index contributed by atoms with van der Waals surface area (Å²) < 4.78 is 17.3. The topological polar surface area (TPSA) is 65.5 Å². The molecule has 0 amide bonds. The van der Waals surface area contributed by atoms with Gasteiger partial charge in [0, 0.05) is 29.5 Å². The Kier molecular flexibility index (Phi) is 7.43. The number of carbonyl (C=O) groups is 1. The first-order valence-electron chi connectivity index (χ1n) is 11.5. The van der Waals surface area contributed by atoms with Crippen molar-refractivity contribution in [3.8, 4) is 28.4 Å². The number of aryl methyl sites for hydroxylation is 1. The van der Waals surface area contributed by atoms with Crippen molar-refractivity contribution in [2.75, 3.05) is 6.61 Å². The predicted octanol–water partition coefficient (Wildman–Crippen LogP) is 7.20. The number of carbonyl (C=O) groups excluding carboxylic acids is 1. The Labute approximate surface area is 200 Å². The average molecular weight is 456 g/mol. The largest absolute Gasteiger partial charge is 0.489 e. The van der Waals surface area contributed by atoms with Crippen LogP contribution in [0.2, 0.25) is 0 Å². The molecule has 5 nitrogen and oxygen atoms in total. The number of nitrogens with zero attached hydrogens (tertiary/aromatic N) is 1. The number of hydrogen-bond acceptors (Lipinski definition) is 5. The van der Waals surface area contributed by atoms with Crippen molar-refractivity contribution in [1.29, 1.82) is 0 Å². The number of rotatable bonds is 10. The van der Waals surface area contributed by atoms with Crippen molar-refractivity contribution in [2.24, 2.45) is 0 Å². The van der Waals surface area contributed by atoms with Crippen molar-refractivity contribution in [3.63, 3.8) is 0 Å². The molecule has 2 aromatic carbocycles. The summed E-state index contributed by atoms with van der Waals surface area (Å²) in [4.78, 5) is 11.2. The Balaban J connectivity index is 1.50. The van der Waals surface area contributed by atoms with E-state index in [0.29, 0.717) is 19.4 Å². The van der Waals surface area contributed by atoms with Crippen LogP contribution in [0.4, 0.5) is 0 Å². The molecular weight excluding hydrogens is 426 g/mol. The van der Waals surface area contributed by atoms with Gasteiger partial charge >= 0.3 is 0 Å². The van der Waals surface area contributed by atoms with Crippen LogP contribution in [0.5, 0.6) is 5.75 Å². The molecule has 0 radical (unpaired) electrons. The second-order valence-corrected chi connectivity index (χ2v) is 8.48. The van der Waals surface area contributed by atoms with Crippen LogP contribution in [-0.2, 0) is 11.2 Å². The number of ether oxygens (including phenoxy) is 1. The van der Waals surface area contributed by atoms with Gasteiger partial charge in [-0.3, -0.25) is 0 Å². The number of para-hydroxylation sites is 1. The highest BCUT2D eigenvalue weighted by Crippen LogP contribution is 2.32. The summed E-state index contributed by atoms with van der Waals surface area (Å²) in [6.07, 6.45) is 5.69. The molecular formula is C29H29NO4. The van der Waals surface area contributed by atoms with E-state index < -0.39 is 0 Å². The fourth-order valence-corrected chi connectivity index (χ4v) is 3.78. The molecule has 0 unspecified atom stereocenters. The third kappa shape index (κ3) is 5.73. The number of ketones is 1. The van der Waals surface area contributed by atoms with Crippen LogP contribution in [0, 0.1) is 6.92 Å². The Hall–Kier alpha value is -3.86. The zero-order valence-electron chi connectivity index (χ0n) is 19.8. The summed E-state index contributed by atoms with van der Waals surface area (Å²) in [7, 11) is 0. The zero-order chi connectivity index (χ0) is 23.9. The summed E-state index contributed by atoms with van der Waals surface area (Å²) in [6.45, 7) is 6.07. The summed E-state index contributed by atoms with van der Waals surface area (Å²) in [5, 5.41) is 4.24. The average Bonchev–Trinajstić information content (AvgIpc) is 3.50. The maximum atomic E-state index is 11.2. The van der Waals surface area contributed by atoms with Crippen LogP contribution < -0.4 is 4.74 Å². The van der Waals surface area contributed by atoms with E-state index in [2.05, 4.69) is 11.2 Å². The van der Waals surface area contributed by atoms with E-state index in [9.17, 15) is 4.79 Å². The van der Waals surface area contributed by atoms with Gasteiger partial charge in [0.15, 0.2) is 5.76 Å². The van der Waals surface area contributed by atoms with Gasteiger partial charge in [0.05, 0.1) is 12.0 Å². The molecule has 0 bridgehead atoms. The molecule has 0 saturated carbocycles. The van der Waals surface area contributed by atoms with Gasteiger partial charge in [-0.05, 0) is 57.0 Å². The van der Waals surface area contributed by atoms with Crippen LogP contribution in [0.15, 0.2) is 87.5 Å². The number of allylic oxidation sites excluding steroid dienone is 1. The Morgan fingerprint density at radius 1 is 0.971 bits per heavy atom. The first-order valence-corrected chi connectivity index (χ1v) is 11.5. The lowest BCUT2D eigenvalue weighted by molar-refractivity contribution is -0.116. The van der Waals surface area contributed by atoms with Crippen molar-refractivity contribution in [2.45, 2.75) is 40.0 Å². The normalized spacial score (nSPS) is 11.6. The molecule has 174 valence electrons. The van der Waals surface area contributed by atoms with Crippen LogP contribution >= 0.6 is 0 Å². The van der Waals surface area contributed by atoms with Gasteiger partial charge in [0.25, 0.3) is 0 Å². The molecule has 0 aliphatic carbocycles. The highest BCUT2D eigenvalue weighted by Gasteiger charge is 2.17. The van der Waals surface area contributed by atoms with E-state index in [1.165, 1.54) is 0 Å². The van der Waals surface area contributed by atoms with E-state index in [4.69, 9.17) is 13.7 Å². The smallest absolute Gasteiger partial charge is 0.170 e. The van der Waals surface area contributed by atoms with Gasteiger partial charge in [0.1, 0.15) is 23.9 Å². The predicted molar refractivity (Wildman–Crippen MR) is 133 cm³/mol. The monoisotopic (exact) mass is 455 g/mol. The minimum atomic E-state index is 0.203. The van der Waals surface area contributed by atoms with Gasteiger partial charge in [-0.2, -0.15) is 0 Å². The molecule has 0 aliphatic rings. The molecule has 0 spiro atoms. The molecule has 4 aromatic rings. The van der Waals surface area contributed by atoms with E-state index in [1.807, 2.05) is 74.5 Å². The second kappa shape index (κ2) is 10.8. The first kappa shape index (κ1) is 23.3. The second-order valence-electron chi connectivity index (χ2n) is 8.48. The van der Waals surface area contributed by atoms with Crippen LogP contribution in [0.3, 0.4) is 0 Å². The van der Waals surface area contributed by atoms with Gasteiger partial charge in [-0.15, -0.1) is 0 Å². The van der Waals surface area contributed by atoms with Gasteiger partial charge in [0.2, 0.25) is 0 Å². The summed E-state index contributed by atoms with van der Waals surface area (Å²) in [5.74, 6) is 2.63. The highest BCUT2D eigenvalue weighted by molar-refractivity contribution is 5.75. The van der Waals surface area contributed by atoms with Crippen molar-refractivity contribution in [3.05, 3.63) is 95.4 Å². The fraction of sp³-hybridized carbons (Fsp3) is 0.241. The Morgan fingerprint density at radius 2 is 1.74 bits per heavy atom. The summed E-state index contributed by atoms with van der Waals surface area (Å²) >= 11 is 0. The molecule has 5 heteroatoms. The molecule has 0 atom stereocenters. The Bertz CT molecular complexity index is 1260. The van der Waals surface area contributed by atoms with E-state index in [0.717, 1.165) is 57.2 Å². The van der Waals surface area contributed by atoms with Gasteiger partial charge in [-0.1, -0.05) is 53.2 Å². The number of furan rings is 1. The lowest BCUT2D eigenvalue weighted by Gasteiger charge is -2.11. The maximum Gasteiger partial charge on any atom is 0.170 e. The molecule has 0 saturated heterocycles. The minimum absolute atomic E-state index is 0.203. The van der Waals surface area contributed by atoms with Gasteiger partial charge < -0.3 is 18.5 Å². The van der Waals surface area contributed by atoms with Crippen LogP contribution in [-0.4, -0.2) is 17.5 Å². The molecule has 0 aliphatic heterocycles. The molecule has 4 rings (SSSR count). The highest BCUT2D eigenvalue weighted by atomic mass is 16.5. The van der Waals surface area contributed by atoms with Crippen molar-refractivity contribution < 1.29 is 18.5 Å². The number of Topliss-reactive ketones (excluding diaryl/α,β-unsaturated/α-hetero) is 1. The lowest BCUT2D eigenvalue weighted by Crippen LogP contribution is -2.00. The summed E-state index contributed by atoms with van der Waals surface area (Å²) in [5.41, 5.74) is 6.10. The van der Waals surface area contributed by atoms with E-state index in [-0.39, 0.29) is 5.78 Å². The molecule has 0 fully saturated rings. The number of hydrogen-bond donors (Lipinski definition) is 0. The van der Waals surface area contributed by atoms with Crippen molar-refractivity contribution in [1.82, 2.24) is 5.16 Å².